The van der Waals surface area contributed by atoms with Crippen LogP contribution in [0, 0.1) is 5.82 Å². The van der Waals surface area contributed by atoms with Crippen LogP contribution in [0.1, 0.15) is 24.4 Å². The largest absolute Gasteiger partial charge is 0.485 e. The van der Waals surface area contributed by atoms with E-state index >= 15 is 0 Å². The number of aromatic nitrogens is 3. The first-order chi connectivity index (χ1) is 16.0. The topological polar surface area (TPSA) is 69.5 Å². The van der Waals surface area contributed by atoms with Crippen molar-refractivity contribution in [1.82, 2.24) is 19.7 Å². The molecule has 33 heavy (non-hydrogen) atoms. The van der Waals surface area contributed by atoms with E-state index in [-0.39, 0.29) is 11.7 Å². The van der Waals surface area contributed by atoms with Crippen molar-refractivity contribution >= 4 is 17.7 Å². The number of fused-ring (bicyclic) bond motifs is 1. The molecule has 2 unspecified atom stereocenters. The molecule has 2 heterocycles. The molecular formula is C24H25FN4O3S. The number of hydrogen-bond acceptors (Lipinski definition) is 6. The molecule has 9 heteroatoms. The zero-order valence-corrected chi connectivity index (χ0v) is 19.3. The molecular weight excluding hydrogens is 443 g/mol. The molecule has 0 N–H and O–H groups in total. The molecule has 1 aliphatic heterocycles. The molecule has 4 rings (SSSR count). The molecule has 172 valence electrons. The van der Waals surface area contributed by atoms with Gasteiger partial charge in [-0.15, -0.1) is 16.8 Å². The van der Waals surface area contributed by atoms with Gasteiger partial charge in [0, 0.05) is 20.1 Å². The third kappa shape index (κ3) is 5.19. The molecule has 3 aromatic rings. The van der Waals surface area contributed by atoms with Crippen LogP contribution in [0.25, 0.3) is 0 Å². The second-order valence-electron chi connectivity index (χ2n) is 7.69. The Bertz CT molecular complexity index is 1150. The smallest absolute Gasteiger partial charge is 0.235 e. The fourth-order valence-corrected chi connectivity index (χ4v) is 4.56. The molecule has 0 aliphatic carbocycles. The van der Waals surface area contributed by atoms with Crippen LogP contribution in [0.5, 0.6) is 11.5 Å². The summed E-state index contributed by atoms with van der Waals surface area (Å²) in [5.74, 6) is 1.54. The van der Waals surface area contributed by atoms with E-state index in [0.717, 1.165) is 5.56 Å². The predicted molar refractivity (Wildman–Crippen MR) is 124 cm³/mol. The maximum absolute atomic E-state index is 13.5. The third-order valence-corrected chi connectivity index (χ3v) is 6.24. The number of thioether (sulfide) groups is 1. The van der Waals surface area contributed by atoms with Crippen molar-refractivity contribution in [3.05, 3.63) is 78.4 Å². The second-order valence-corrected chi connectivity index (χ2v) is 9.00. The van der Waals surface area contributed by atoms with Crippen LogP contribution in [0.15, 0.2) is 66.3 Å². The average Bonchev–Trinajstić information content (AvgIpc) is 3.20. The van der Waals surface area contributed by atoms with Gasteiger partial charge in [-0.2, -0.15) is 0 Å². The number of allylic oxidation sites excluding steroid dienone is 1. The number of nitrogens with zero attached hydrogens (tertiary/aromatic N) is 4. The van der Waals surface area contributed by atoms with E-state index in [1.807, 2.05) is 35.8 Å². The molecule has 1 aromatic heterocycles. The molecule has 0 radical (unpaired) electrons. The number of para-hydroxylation sites is 2. The van der Waals surface area contributed by atoms with Gasteiger partial charge in [0.15, 0.2) is 28.6 Å². The SMILES string of the molecule is C=CCn1c(SC(C)C(=O)N(C)Cc2cccc(F)c2)nnc1C1COc2ccccc2O1. The number of hydrogen-bond donors (Lipinski definition) is 0. The standard InChI is InChI=1S/C24H25FN4O3S/c1-4-12-29-22(21-15-31-19-10-5-6-11-20(19)32-21)26-27-24(29)33-16(2)23(30)28(3)14-17-8-7-9-18(25)13-17/h4-11,13,16,21H,1,12,14-15H2,2-3H3. The Morgan fingerprint density at radius 3 is 2.85 bits per heavy atom. The lowest BCUT2D eigenvalue weighted by Gasteiger charge is -2.26. The summed E-state index contributed by atoms with van der Waals surface area (Å²) in [4.78, 5) is 14.5. The van der Waals surface area contributed by atoms with Crippen molar-refractivity contribution < 1.29 is 18.7 Å². The van der Waals surface area contributed by atoms with Gasteiger partial charge in [0.1, 0.15) is 12.4 Å². The Hall–Kier alpha value is -3.33. The Morgan fingerprint density at radius 1 is 1.30 bits per heavy atom. The average molecular weight is 469 g/mol. The van der Waals surface area contributed by atoms with Crippen molar-refractivity contribution in [1.29, 1.82) is 0 Å². The first-order valence-electron chi connectivity index (χ1n) is 10.5. The Morgan fingerprint density at radius 2 is 2.09 bits per heavy atom. The van der Waals surface area contributed by atoms with Crippen LogP contribution in [-0.2, 0) is 17.9 Å². The Balaban J connectivity index is 1.47. The van der Waals surface area contributed by atoms with Gasteiger partial charge in [-0.3, -0.25) is 9.36 Å². The first-order valence-corrected chi connectivity index (χ1v) is 11.4. The number of carbonyl (C=O) groups excluding carboxylic acids is 1. The monoisotopic (exact) mass is 468 g/mol. The van der Waals surface area contributed by atoms with Gasteiger partial charge in [0.2, 0.25) is 5.91 Å². The summed E-state index contributed by atoms with van der Waals surface area (Å²) in [6, 6.07) is 13.7. The van der Waals surface area contributed by atoms with Crippen LogP contribution in [0.3, 0.4) is 0 Å². The van der Waals surface area contributed by atoms with Gasteiger partial charge < -0.3 is 14.4 Å². The minimum Gasteiger partial charge on any atom is -0.485 e. The lowest BCUT2D eigenvalue weighted by atomic mass is 10.2. The van der Waals surface area contributed by atoms with Gasteiger partial charge in [0.25, 0.3) is 0 Å². The fraction of sp³-hybridized carbons (Fsp3) is 0.292. The van der Waals surface area contributed by atoms with E-state index in [0.29, 0.717) is 42.2 Å². The van der Waals surface area contributed by atoms with Crippen LogP contribution in [0.4, 0.5) is 4.39 Å². The normalized spacial score (nSPS) is 15.7. The summed E-state index contributed by atoms with van der Waals surface area (Å²) >= 11 is 1.31. The number of carbonyl (C=O) groups is 1. The highest BCUT2D eigenvalue weighted by molar-refractivity contribution is 8.00. The van der Waals surface area contributed by atoms with Gasteiger partial charge in [-0.1, -0.05) is 42.1 Å². The number of amides is 1. The Labute approximate surface area is 196 Å². The number of benzene rings is 2. The van der Waals surface area contributed by atoms with Crippen LogP contribution >= 0.6 is 11.8 Å². The van der Waals surface area contributed by atoms with Gasteiger partial charge in [0.05, 0.1) is 5.25 Å². The molecule has 1 aliphatic rings. The van der Waals surface area contributed by atoms with Crippen LogP contribution in [-0.4, -0.2) is 44.5 Å². The van der Waals surface area contributed by atoms with E-state index in [4.69, 9.17) is 9.47 Å². The van der Waals surface area contributed by atoms with Crippen molar-refractivity contribution in [3.63, 3.8) is 0 Å². The van der Waals surface area contributed by atoms with Crippen LogP contribution in [0.2, 0.25) is 0 Å². The highest BCUT2D eigenvalue weighted by Gasteiger charge is 2.29. The maximum atomic E-state index is 13.5. The zero-order chi connectivity index (χ0) is 23.4. The summed E-state index contributed by atoms with van der Waals surface area (Å²) in [6.07, 6.45) is 1.32. The van der Waals surface area contributed by atoms with Gasteiger partial charge in [-0.25, -0.2) is 4.39 Å². The molecule has 0 spiro atoms. The van der Waals surface area contributed by atoms with E-state index < -0.39 is 11.4 Å². The fourth-order valence-electron chi connectivity index (χ4n) is 3.58. The Kier molecular flexibility index (Phi) is 6.98. The maximum Gasteiger partial charge on any atom is 0.235 e. The van der Waals surface area contributed by atoms with Crippen LogP contribution < -0.4 is 9.47 Å². The van der Waals surface area contributed by atoms with E-state index in [1.54, 1.807) is 30.2 Å². The molecule has 2 atom stereocenters. The predicted octanol–water partition coefficient (Wildman–Crippen LogP) is 4.25. The van der Waals surface area contributed by atoms with E-state index in [1.165, 1.54) is 23.9 Å². The highest BCUT2D eigenvalue weighted by atomic mass is 32.2. The lowest BCUT2D eigenvalue weighted by Crippen LogP contribution is -2.33. The number of halogens is 1. The highest BCUT2D eigenvalue weighted by Crippen LogP contribution is 2.36. The summed E-state index contributed by atoms with van der Waals surface area (Å²) < 4.78 is 27.3. The quantitative estimate of drug-likeness (QED) is 0.364. The minimum atomic E-state index is -0.427. The molecule has 0 bridgehead atoms. The summed E-state index contributed by atoms with van der Waals surface area (Å²) in [7, 11) is 1.70. The molecule has 0 fully saturated rings. The number of rotatable bonds is 8. The third-order valence-electron chi connectivity index (χ3n) is 5.17. The lowest BCUT2D eigenvalue weighted by molar-refractivity contribution is -0.129. The summed E-state index contributed by atoms with van der Waals surface area (Å²) in [6.45, 7) is 6.74. The zero-order valence-electron chi connectivity index (χ0n) is 18.5. The van der Waals surface area contributed by atoms with Crippen molar-refractivity contribution in [3.8, 4) is 11.5 Å². The number of ether oxygens (including phenoxy) is 2. The van der Waals surface area contributed by atoms with Gasteiger partial charge >= 0.3 is 0 Å². The van der Waals surface area contributed by atoms with E-state index in [2.05, 4.69) is 16.8 Å². The van der Waals surface area contributed by atoms with Crippen molar-refractivity contribution in [2.24, 2.45) is 0 Å². The molecule has 0 saturated carbocycles. The van der Waals surface area contributed by atoms with E-state index in [9.17, 15) is 9.18 Å². The summed E-state index contributed by atoms with van der Waals surface area (Å²) in [5.41, 5.74) is 0.731. The minimum absolute atomic E-state index is 0.0925. The van der Waals surface area contributed by atoms with Crippen molar-refractivity contribution in [2.45, 2.75) is 36.5 Å². The molecule has 0 saturated heterocycles. The molecule has 7 nitrogen and oxygen atoms in total. The first kappa shape index (κ1) is 22.8. The molecule has 1 amide bonds. The summed E-state index contributed by atoms with van der Waals surface area (Å²) in [5, 5.41) is 8.82. The molecule has 2 aromatic carbocycles. The second kappa shape index (κ2) is 10.1. The van der Waals surface area contributed by atoms with Gasteiger partial charge in [-0.05, 0) is 36.8 Å². The van der Waals surface area contributed by atoms with Crippen molar-refractivity contribution in [2.75, 3.05) is 13.7 Å².